The number of halogens is 1. The van der Waals surface area contributed by atoms with Crippen LogP contribution in [-0.4, -0.2) is 29.5 Å². The number of carboxylic acids is 1. The van der Waals surface area contributed by atoms with Gasteiger partial charge in [-0.25, -0.2) is 9.18 Å². The number of hydrogen-bond donors (Lipinski definition) is 1. The monoisotopic (exact) mass is 242 g/mol. The lowest BCUT2D eigenvalue weighted by Gasteiger charge is -2.25. The lowest BCUT2D eigenvalue weighted by molar-refractivity contribution is 0.0455. The molecular formula is C11H11FO3S. The van der Waals surface area contributed by atoms with Crippen molar-refractivity contribution in [3.63, 3.8) is 0 Å². The molecule has 0 radical (unpaired) electrons. The molecule has 1 aromatic carbocycles. The van der Waals surface area contributed by atoms with Crippen LogP contribution in [-0.2, 0) is 10.5 Å². The number of carbonyl (C=O) groups is 1. The van der Waals surface area contributed by atoms with Crippen molar-refractivity contribution in [1.82, 2.24) is 0 Å². The number of thioether (sulfide) groups is 1. The fraction of sp³-hybridized carbons (Fsp3) is 0.364. The molecule has 1 heterocycles. The Morgan fingerprint density at radius 3 is 2.88 bits per heavy atom. The quantitative estimate of drug-likeness (QED) is 0.878. The largest absolute Gasteiger partial charge is 0.478 e. The van der Waals surface area contributed by atoms with Crippen LogP contribution in [0.25, 0.3) is 0 Å². The maximum Gasteiger partial charge on any atom is 0.335 e. The SMILES string of the molecule is O=C(O)c1ccc(F)c(CSC2COC2)c1. The third-order valence-electron chi connectivity index (χ3n) is 2.37. The average Bonchev–Trinajstić information content (AvgIpc) is 2.18. The Morgan fingerprint density at radius 2 is 2.31 bits per heavy atom. The third kappa shape index (κ3) is 2.54. The molecule has 0 atom stereocenters. The van der Waals surface area contributed by atoms with Crippen molar-refractivity contribution in [2.24, 2.45) is 0 Å². The Bertz CT molecular complexity index is 404. The summed E-state index contributed by atoms with van der Waals surface area (Å²) in [5.41, 5.74) is 0.568. The Labute approximate surface area is 96.6 Å². The van der Waals surface area contributed by atoms with Crippen molar-refractivity contribution in [1.29, 1.82) is 0 Å². The van der Waals surface area contributed by atoms with E-state index in [1.807, 2.05) is 0 Å². The van der Waals surface area contributed by atoms with Gasteiger partial charge in [-0.05, 0) is 23.8 Å². The molecule has 0 aromatic heterocycles. The third-order valence-corrected chi connectivity index (χ3v) is 3.60. The van der Waals surface area contributed by atoms with Crippen LogP contribution >= 0.6 is 11.8 Å². The molecule has 0 bridgehead atoms. The zero-order chi connectivity index (χ0) is 11.5. The van der Waals surface area contributed by atoms with Crippen molar-refractivity contribution in [3.8, 4) is 0 Å². The molecule has 1 N–H and O–H groups in total. The molecule has 0 spiro atoms. The standard InChI is InChI=1S/C11H11FO3S/c12-10-2-1-7(11(13)14)3-8(10)6-16-9-4-15-5-9/h1-3,9H,4-6H2,(H,13,14). The highest BCUT2D eigenvalue weighted by atomic mass is 32.2. The van der Waals surface area contributed by atoms with Crippen LogP contribution < -0.4 is 0 Å². The van der Waals surface area contributed by atoms with Crippen LogP contribution in [0.1, 0.15) is 15.9 Å². The molecule has 1 fully saturated rings. The van der Waals surface area contributed by atoms with Crippen LogP contribution in [0.5, 0.6) is 0 Å². The summed E-state index contributed by atoms with van der Waals surface area (Å²) in [6.07, 6.45) is 0. The Kier molecular flexibility index (Phi) is 3.46. The van der Waals surface area contributed by atoms with Gasteiger partial charge in [-0.15, -0.1) is 11.8 Å². The minimum Gasteiger partial charge on any atom is -0.478 e. The Morgan fingerprint density at radius 1 is 1.56 bits per heavy atom. The van der Waals surface area contributed by atoms with E-state index in [2.05, 4.69) is 0 Å². The highest BCUT2D eigenvalue weighted by Gasteiger charge is 2.19. The first-order valence-electron chi connectivity index (χ1n) is 4.88. The number of benzene rings is 1. The molecule has 1 saturated heterocycles. The maximum absolute atomic E-state index is 13.4. The second-order valence-corrected chi connectivity index (χ2v) is 4.87. The van der Waals surface area contributed by atoms with E-state index in [0.29, 0.717) is 29.8 Å². The van der Waals surface area contributed by atoms with Gasteiger partial charge >= 0.3 is 5.97 Å². The normalized spacial score (nSPS) is 15.8. The van der Waals surface area contributed by atoms with E-state index in [-0.39, 0.29) is 11.4 Å². The zero-order valence-corrected chi connectivity index (χ0v) is 9.30. The fourth-order valence-electron chi connectivity index (χ4n) is 1.34. The summed E-state index contributed by atoms with van der Waals surface area (Å²) in [5.74, 6) is -0.892. The highest BCUT2D eigenvalue weighted by Crippen LogP contribution is 2.25. The lowest BCUT2D eigenvalue weighted by atomic mass is 10.1. The van der Waals surface area contributed by atoms with E-state index in [1.165, 1.54) is 18.2 Å². The average molecular weight is 242 g/mol. The topological polar surface area (TPSA) is 46.5 Å². The van der Waals surface area contributed by atoms with Crippen LogP contribution in [0.4, 0.5) is 4.39 Å². The van der Waals surface area contributed by atoms with Crippen molar-refractivity contribution >= 4 is 17.7 Å². The summed E-state index contributed by atoms with van der Waals surface area (Å²) in [7, 11) is 0. The molecule has 1 aliphatic heterocycles. The van der Waals surface area contributed by atoms with Gasteiger partial charge in [0.2, 0.25) is 0 Å². The van der Waals surface area contributed by atoms with E-state index in [4.69, 9.17) is 9.84 Å². The van der Waals surface area contributed by atoms with Gasteiger partial charge in [0, 0.05) is 5.75 Å². The van der Waals surface area contributed by atoms with Gasteiger partial charge in [0.05, 0.1) is 24.0 Å². The van der Waals surface area contributed by atoms with Gasteiger partial charge in [0.1, 0.15) is 5.82 Å². The Hall–Kier alpha value is -1.07. The van der Waals surface area contributed by atoms with E-state index in [0.717, 1.165) is 0 Å². The van der Waals surface area contributed by atoms with Crippen molar-refractivity contribution in [2.75, 3.05) is 13.2 Å². The molecule has 3 nitrogen and oxygen atoms in total. The van der Waals surface area contributed by atoms with Crippen LogP contribution in [0.2, 0.25) is 0 Å². The van der Waals surface area contributed by atoms with E-state index in [9.17, 15) is 9.18 Å². The van der Waals surface area contributed by atoms with E-state index < -0.39 is 5.97 Å². The first-order valence-corrected chi connectivity index (χ1v) is 5.93. The summed E-state index contributed by atoms with van der Waals surface area (Å²) in [6, 6.07) is 3.87. The van der Waals surface area contributed by atoms with Gasteiger partial charge in [-0.2, -0.15) is 0 Å². The molecule has 86 valence electrons. The van der Waals surface area contributed by atoms with Crippen molar-refractivity contribution in [3.05, 3.63) is 35.1 Å². The maximum atomic E-state index is 13.4. The van der Waals surface area contributed by atoms with Gasteiger partial charge in [-0.3, -0.25) is 0 Å². The predicted octanol–water partition coefficient (Wildman–Crippen LogP) is 2.16. The van der Waals surface area contributed by atoms with Crippen LogP contribution in [0.3, 0.4) is 0 Å². The summed E-state index contributed by atoms with van der Waals surface area (Å²) in [5, 5.41) is 9.20. The summed E-state index contributed by atoms with van der Waals surface area (Å²) >= 11 is 1.59. The minimum atomic E-state index is -1.03. The summed E-state index contributed by atoms with van der Waals surface area (Å²) < 4.78 is 18.4. The molecule has 0 saturated carbocycles. The first-order chi connectivity index (χ1) is 7.66. The summed E-state index contributed by atoms with van der Waals surface area (Å²) in [6.45, 7) is 1.40. The molecule has 1 aromatic rings. The smallest absolute Gasteiger partial charge is 0.335 e. The summed E-state index contributed by atoms with van der Waals surface area (Å²) in [4.78, 5) is 10.7. The minimum absolute atomic E-state index is 0.127. The van der Waals surface area contributed by atoms with Gasteiger partial charge in [0.25, 0.3) is 0 Å². The molecule has 16 heavy (non-hydrogen) atoms. The number of carboxylic acid groups (broad SMARTS) is 1. The zero-order valence-electron chi connectivity index (χ0n) is 8.48. The molecule has 1 aliphatic rings. The molecule has 0 unspecified atom stereocenters. The fourth-order valence-corrected chi connectivity index (χ4v) is 2.36. The molecule has 2 rings (SSSR count). The highest BCUT2D eigenvalue weighted by molar-refractivity contribution is 7.99. The van der Waals surface area contributed by atoms with Gasteiger partial charge in [0.15, 0.2) is 0 Å². The lowest BCUT2D eigenvalue weighted by Crippen LogP contribution is -2.30. The molecule has 0 aliphatic carbocycles. The van der Waals surface area contributed by atoms with E-state index >= 15 is 0 Å². The Balaban J connectivity index is 2.05. The first kappa shape index (κ1) is 11.4. The van der Waals surface area contributed by atoms with Crippen molar-refractivity contribution < 1.29 is 19.0 Å². The number of hydrogen-bond acceptors (Lipinski definition) is 3. The van der Waals surface area contributed by atoms with Gasteiger partial charge < -0.3 is 9.84 Å². The second-order valence-electron chi connectivity index (χ2n) is 3.58. The predicted molar refractivity (Wildman–Crippen MR) is 59.3 cm³/mol. The molecule has 5 heteroatoms. The number of rotatable bonds is 4. The second kappa shape index (κ2) is 4.84. The van der Waals surface area contributed by atoms with E-state index in [1.54, 1.807) is 11.8 Å². The number of aromatic carboxylic acids is 1. The molecule has 0 amide bonds. The molecular weight excluding hydrogens is 231 g/mol. The number of ether oxygens (including phenoxy) is 1. The van der Waals surface area contributed by atoms with Gasteiger partial charge in [-0.1, -0.05) is 0 Å². The van der Waals surface area contributed by atoms with Crippen LogP contribution in [0.15, 0.2) is 18.2 Å². The van der Waals surface area contributed by atoms with Crippen molar-refractivity contribution in [2.45, 2.75) is 11.0 Å². The van der Waals surface area contributed by atoms with Crippen LogP contribution in [0, 0.1) is 5.82 Å².